The molecule has 3 aromatic heterocycles. The van der Waals surface area contributed by atoms with E-state index in [-0.39, 0.29) is 5.91 Å². The normalized spacial score (nSPS) is 11.4. The van der Waals surface area contributed by atoms with Crippen molar-refractivity contribution >= 4 is 29.0 Å². The molecule has 0 aliphatic rings. The number of nitrogens with zero attached hydrogens (tertiary/aromatic N) is 5. The third kappa shape index (κ3) is 3.94. The highest BCUT2D eigenvalue weighted by atomic mass is 32.2. The third-order valence-corrected chi connectivity index (χ3v) is 6.08. The lowest BCUT2D eigenvalue weighted by atomic mass is 10.2. The minimum absolute atomic E-state index is 0.150. The number of rotatable bonds is 7. The highest BCUT2D eigenvalue weighted by molar-refractivity contribution is 7.99. The van der Waals surface area contributed by atoms with E-state index in [9.17, 15) is 4.79 Å². The summed E-state index contributed by atoms with van der Waals surface area (Å²) in [4.78, 5) is 23.4. The summed E-state index contributed by atoms with van der Waals surface area (Å²) in [5, 5.41) is 19.4. The molecule has 0 saturated heterocycles. The number of carbonyl (C=O) groups excluding carboxylic acids is 1. The van der Waals surface area contributed by atoms with Gasteiger partial charge in [-0.2, -0.15) is 14.3 Å². The minimum Gasteiger partial charge on any atom is -0.323 e. The fourth-order valence-corrected chi connectivity index (χ4v) is 4.37. The van der Waals surface area contributed by atoms with Crippen LogP contribution in [0.15, 0.2) is 34.1 Å². The van der Waals surface area contributed by atoms with Crippen molar-refractivity contribution in [2.45, 2.75) is 44.1 Å². The molecular formula is C20H23N7O3S. The standard InChI is InChI=1S/C20H23N7O3S/c1-11-17(21-14(4)28)13(3)26(24-11)20-23-22-19-18(12(2)25-27(19)20)31-16-9-7-6-8-15(16)10-30-29-5/h6-9,25H,10H2,1-5H3,(H,21,28). The highest BCUT2D eigenvalue weighted by Crippen LogP contribution is 2.36. The van der Waals surface area contributed by atoms with Crippen LogP contribution >= 0.6 is 11.8 Å². The number of fused-ring (bicyclic) bond motifs is 1. The van der Waals surface area contributed by atoms with Gasteiger partial charge in [-0.1, -0.05) is 30.0 Å². The summed E-state index contributed by atoms with van der Waals surface area (Å²) >= 11 is 1.58. The Kier molecular flexibility index (Phi) is 5.81. The van der Waals surface area contributed by atoms with E-state index in [4.69, 9.17) is 9.78 Å². The molecule has 1 aromatic carbocycles. The van der Waals surface area contributed by atoms with Crippen molar-refractivity contribution in [3.05, 3.63) is 46.9 Å². The summed E-state index contributed by atoms with van der Waals surface area (Å²) in [6.45, 7) is 7.52. The molecular weight excluding hydrogens is 418 g/mol. The lowest BCUT2D eigenvalue weighted by molar-refractivity contribution is -0.282. The lowest BCUT2D eigenvalue weighted by Crippen LogP contribution is -2.09. The number of carbonyl (C=O) groups is 1. The summed E-state index contributed by atoms with van der Waals surface area (Å²) in [6, 6.07) is 7.96. The van der Waals surface area contributed by atoms with E-state index in [1.54, 1.807) is 21.0 Å². The van der Waals surface area contributed by atoms with E-state index < -0.39 is 0 Å². The topological polar surface area (TPSA) is 111 Å². The van der Waals surface area contributed by atoms with Crippen LogP contribution in [-0.2, 0) is 21.2 Å². The Balaban J connectivity index is 1.74. The average molecular weight is 442 g/mol. The van der Waals surface area contributed by atoms with Crippen molar-refractivity contribution in [3.63, 3.8) is 0 Å². The van der Waals surface area contributed by atoms with E-state index in [0.717, 1.165) is 26.7 Å². The van der Waals surface area contributed by atoms with Gasteiger partial charge in [-0.15, -0.1) is 10.2 Å². The Labute approximate surface area is 182 Å². The van der Waals surface area contributed by atoms with Crippen LogP contribution in [-0.4, -0.2) is 42.6 Å². The summed E-state index contributed by atoms with van der Waals surface area (Å²) < 4.78 is 3.47. The Hall–Kier alpha value is -3.15. The molecule has 0 atom stereocenters. The highest BCUT2D eigenvalue weighted by Gasteiger charge is 2.22. The van der Waals surface area contributed by atoms with Gasteiger partial charge in [0.2, 0.25) is 5.91 Å². The quantitative estimate of drug-likeness (QED) is 0.334. The SMILES string of the molecule is COOCc1ccccc1Sc1c(C)[nH]n2c(-n3nc(C)c(NC(C)=O)c3C)nnc12. The van der Waals surface area contributed by atoms with E-state index in [1.165, 1.54) is 14.0 Å². The van der Waals surface area contributed by atoms with Gasteiger partial charge in [0.25, 0.3) is 5.95 Å². The zero-order chi connectivity index (χ0) is 22.1. The van der Waals surface area contributed by atoms with Crippen molar-refractivity contribution in [1.29, 1.82) is 0 Å². The molecule has 2 N–H and O–H groups in total. The fraction of sp³-hybridized carbons (Fsp3) is 0.300. The molecule has 0 unspecified atom stereocenters. The Bertz CT molecular complexity index is 1260. The molecule has 0 saturated carbocycles. The number of hydrogen-bond acceptors (Lipinski definition) is 7. The molecule has 0 spiro atoms. The average Bonchev–Trinajstić information content (AvgIpc) is 3.36. The summed E-state index contributed by atoms with van der Waals surface area (Å²) in [5.41, 5.74) is 4.79. The maximum Gasteiger partial charge on any atom is 0.271 e. The van der Waals surface area contributed by atoms with Gasteiger partial charge in [-0.25, -0.2) is 9.78 Å². The molecule has 4 aromatic rings. The molecule has 0 aliphatic heterocycles. The van der Waals surface area contributed by atoms with Crippen molar-refractivity contribution in [3.8, 4) is 5.95 Å². The Morgan fingerprint density at radius 3 is 2.74 bits per heavy atom. The minimum atomic E-state index is -0.150. The van der Waals surface area contributed by atoms with E-state index in [1.807, 2.05) is 45.0 Å². The molecule has 31 heavy (non-hydrogen) atoms. The van der Waals surface area contributed by atoms with Crippen LogP contribution in [0.5, 0.6) is 0 Å². The second-order valence-corrected chi connectivity index (χ2v) is 8.05. The molecule has 0 aliphatic carbocycles. The third-order valence-electron chi connectivity index (χ3n) is 4.77. The van der Waals surface area contributed by atoms with Crippen LogP contribution in [0.25, 0.3) is 11.6 Å². The van der Waals surface area contributed by atoms with E-state index >= 15 is 0 Å². The number of benzene rings is 1. The first-order valence-electron chi connectivity index (χ1n) is 9.60. The zero-order valence-corrected chi connectivity index (χ0v) is 18.7. The van der Waals surface area contributed by atoms with Gasteiger partial charge >= 0.3 is 0 Å². The van der Waals surface area contributed by atoms with Gasteiger partial charge < -0.3 is 5.32 Å². The van der Waals surface area contributed by atoms with Crippen LogP contribution < -0.4 is 5.32 Å². The first-order chi connectivity index (χ1) is 14.9. The van der Waals surface area contributed by atoms with Crippen molar-refractivity contribution in [2.75, 3.05) is 12.4 Å². The van der Waals surface area contributed by atoms with E-state index in [0.29, 0.717) is 29.6 Å². The lowest BCUT2D eigenvalue weighted by Gasteiger charge is -2.07. The molecule has 10 nitrogen and oxygen atoms in total. The number of H-pyrrole nitrogens is 1. The Morgan fingerprint density at radius 2 is 2.00 bits per heavy atom. The molecule has 162 valence electrons. The number of aryl methyl sites for hydroxylation is 2. The summed E-state index contributed by atoms with van der Waals surface area (Å²) in [7, 11) is 1.49. The molecule has 3 heterocycles. The number of amides is 1. The van der Waals surface area contributed by atoms with Gasteiger partial charge in [0, 0.05) is 17.5 Å². The summed E-state index contributed by atoms with van der Waals surface area (Å²) in [5.74, 6) is 0.362. The first-order valence-corrected chi connectivity index (χ1v) is 10.4. The monoisotopic (exact) mass is 441 g/mol. The second kappa shape index (κ2) is 8.53. The van der Waals surface area contributed by atoms with Crippen LogP contribution in [0.2, 0.25) is 0 Å². The number of aromatic nitrogens is 6. The van der Waals surface area contributed by atoms with Gasteiger partial charge in [0.05, 0.1) is 29.1 Å². The van der Waals surface area contributed by atoms with Gasteiger partial charge in [-0.3, -0.25) is 9.89 Å². The smallest absolute Gasteiger partial charge is 0.271 e. The summed E-state index contributed by atoms with van der Waals surface area (Å²) in [6.07, 6.45) is 0. The van der Waals surface area contributed by atoms with Gasteiger partial charge in [0.15, 0.2) is 5.65 Å². The maximum absolute atomic E-state index is 11.5. The number of nitrogens with one attached hydrogen (secondary N) is 2. The predicted octanol–water partition coefficient (Wildman–Crippen LogP) is 3.36. The second-order valence-electron chi connectivity index (χ2n) is 7.00. The van der Waals surface area contributed by atoms with Crippen molar-refractivity contribution < 1.29 is 14.6 Å². The van der Waals surface area contributed by atoms with Gasteiger partial charge in [0.1, 0.15) is 6.61 Å². The predicted molar refractivity (Wildman–Crippen MR) is 115 cm³/mol. The van der Waals surface area contributed by atoms with Crippen molar-refractivity contribution in [2.24, 2.45) is 0 Å². The van der Waals surface area contributed by atoms with Crippen LogP contribution in [0, 0.1) is 20.8 Å². The van der Waals surface area contributed by atoms with E-state index in [2.05, 4.69) is 25.7 Å². The molecule has 0 radical (unpaired) electrons. The van der Waals surface area contributed by atoms with Crippen molar-refractivity contribution in [1.82, 2.24) is 29.6 Å². The van der Waals surface area contributed by atoms with Crippen LogP contribution in [0.1, 0.15) is 29.6 Å². The zero-order valence-electron chi connectivity index (χ0n) is 17.9. The molecule has 11 heteroatoms. The largest absolute Gasteiger partial charge is 0.323 e. The number of hydrogen-bond donors (Lipinski definition) is 2. The fourth-order valence-electron chi connectivity index (χ4n) is 3.32. The molecule has 0 bridgehead atoms. The molecule has 1 amide bonds. The first kappa shape index (κ1) is 21.1. The van der Waals surface area contributed by atoms with Crippen LogP contribution in [0.3, 0.4) is 0 Å². The van der Waals surface area contributed by atoms with Crippen LogP contribution in [0.4, 0.5) is 5.69 Å². The Morgan fingerprint density at radius 1 is 1.23 bits per heavy atom. The number of anilines is 1. The number of aromatic amines is 1. The molecule has 4 rings (SSSR count). The molecule has 0 fully saturated rings. The van der Waals surface area contributed by atoms with Gasteiger partial charge in [-0.05, 0) is 32.4 Å². The maximum atomic E-state index is 11.5.